The summed E-state index contributed by atoms with van der Waals surface area (Å²) < 4.78 is 5.27. The SMILES string of the molecule is CC(C)CC(O)CNCC(O)COC(C)C. The van der Waals surface area contributed by atoms with E-state index in [1.54, 1.807) is 0 Å². The molecule has 0 spiro atoms. The molecule has 0 bridgehead atoms. The lowest BCUT2D eigenvalue weighted by Crippen LogP contribution is -2.36. The van der Waals surface area contributed by atoms with Crippen LogP contribution < -0.4 is 5.32 Å². The molecule has 0 saturated heterocycles. The van der Waals surface area contributed by atoms with Crippen LogP contribution in [0.3, 0.4) is 0 Å². The molecule has 2 unspecified atom stereocenters. The zero-order chi connectivity index (χ0) is 12.6. The van der Waals surface area contributed by atoms with E-state index in [1.165, 1.54) is 0 Å². The van der Waals surface area contributed by atoms with Crippen LogP contribution in [0.2, 0.25) is 0 Å². The number of hydrogen-bond acceptors (Lipinski definition) is 4. The van der Waals surface area contributed by atoms with Gasteiger partial charge in [-0.1, -0.05) is 13.8 Å². The highest BCUT2D eigenvalue weighted by molar-refractivity contribution is 4.65. The van der Waals surface area contributed by atoms with Crippen LogP contribution >= 0.6 is 0 Å². The van der Waals surface area contributed by atoms with Gasteiger partial charge in [0.15, 0.2) is 0 Å². The van der Waals surface area contributed by atoms with Crippen molar-refractivity contribution in [1.82, 2.24) is 5.32 Å². The van der Waals surface area contributed by atoms with Gasteiger partial charge in [0.25, 0.3) is 0 Å². The number of nitrogens with one attached hydrogen (secondary N) is 1. The zero-order valence-corrected chi connectivity index (χ0v) is 10.9. The molecule has 0 amide bonds. The molecule has 0 aliphatic carbocycles. The van der Waals surface area contributed by atoms with Gasteiger partial charge in [0.2, 0.25) is 0 Å². The van der Waals surface area contributed by atoms with E-state index in [2.05, 4.69) is 19.2 Å². The first kappa shape index (κ1) is 15.8. The number of aliphatic hydroxyl groups excluding tert-OH is 2. The van der Waals surface area contributed by atoms with Crippen molar-refractivity contribution < 1.29 is 14.9 Å². The predicted octanol–water partition coefficient (Wildman–Crippen LogP) is 0.769. The predicted molar refractivity (Wildman–Crippen MR) is 65.4 cm³/mol. The molecule has 16 heavy (non-hydrogen) atoms. The van der Waals surface area contributed by atoms with E-state index in [0.717, 1.165) is 6.42 Å². The normalized spacial score (nSPS) is 15.8. The van der Waals surface area contributed by atoms with E-state index >= 15 is 0 Å². The van der Waals surface area contributed by atoms with Gasteiger partial charge in [0.05, 0.1) is 24.9 Å². The lowest BCUT2D eigenvalue weighted by Gasteiger charge is -2.17. The van der Waals surface area contributed by atoms with Gasteiger partial charge in [-0.2, -0.15) is 0 Å². The van der Waals surface area contributed by atoms with Crippen LogP contribution in [-0.2, 0) is 4.74 Å². The van der Waals surface area contributed by atoms with Crippen LogP contribution in [0, 0.1) is 5.92 Å². The molecular weight excluding hydrogens is 206 g/mol. The van der Waals surface area contributed by atoms with E-state index in [0.29, 0.717) is 25.6 Å². The van der Waals surface area contributed by atoms with Crippen molar-refractivity contribution in [3.63, 3.8) is 0 Å². The van der Waals surface area contributed by atoms with E-state index in [9.17, 15) is 10.2 Å². The molecule has 0 heterocycles. The Morgan fingerprint density at radius 3 is 2.06 bits per heavy atom. The van der Waals surface area contributed by atoms with Gasteiger partial charge < -0.3 is 20.3 Å². The average Bonchev–Trinajstić information content (AvgIpc) is 2.13. The Bertz CT molecular complexity index is 162. The summed E-state index contributed by atoms with van der Waals surface area (Å²) in [6.07, 6.45) is 0.0824. The van der Waals surface area contributed by atoms with E-state index in [1.807, 2.05) is 13.8 Å². The summed E-state index contributed by atoms with van der Waals surface area (Å²) >= 11 is 0. The molecule has 0 aromatic carbocycles. The molecule has 0 aliphatic heterocycles. The van der Waals surface area contributed by atoms with Gasteiger partial charge in [-0.05, 0) is 26.2 Å². The molecule has 0 saturated carbocycles. The molecule has 3 N–H and O–H groups in total. The molecule has 2 atom stereocenters. The largest absolute Gasteiger partial charge is 0.392 e. The third-order valence-electron chi connectivity index (χ3n) is 2.13. The van der Waals surface area contributed by atoms with E-state index in [-0.39, 0.29) is 12.2 Å². The quantitative estimate of drug-likeness (QED) is 0.550. The highest BCUT2D eigenvalue weighted by Crippen LogP contribution is 2.03. The Morgan fingerprint density at radius 1 is 1.00 bits per heavy atom. The molecule has 4 nitrogen and oxygen atoms in total. The van der Waals surface area contributed by atoms with Crippen molar-refractivity contribution in [2.45, 2.75) is 52.4 Å². The number of rotatable bonds is 9. The molecule has 0 aromatic rings. The minimum atomic E-state index is -0.506. The second kappa shape index (κ2) is 8.93. The minimum Gasteiger partial charge on any atom is -0.392 e. The van der Waals surface area contributed by atoms with E-state index in [4.69, 9.17) is 4.74 Å². The number of hydrogen-bond donors (Lipinski definition) is 3. The van der Waals surface area contributed by atoms with Gasteiger partial charge in [-0.3, -0.25) is 0 Å². The molecule has 0 aromatic heterocycles. The fourth-order valence-corrected chi connectivity index (χ4v) is 1.41. The summed E-state index contributed by atoms with van der Waals surface area (Å²) in [6, 6.07) is 0. The van der Waals surface area contributed by atoms with Crippen molar-refractivity contribution in [3.8, 4) is 0 Å². The van der Waals surface area contributed by atoms with Crippen LogP contribution in [0.1, 0.15) is 34.1 Å². The lowest BCUT2D eigenvalue weighted by molar-refractivity contribution is 0.00520. The Kier molecular flexibility index (Phi) is 8.84. The standard InChI is InChI=1S/C12H27NO3/c1-9(2)5-11(14)6-13-7-12(15)8-16-10(3)4/h9-15H,5-8H2,1-4H3. The van der Waals surface area contributed by atoms with Crippen molar-refractivity contribution in [2.24, 2.45) is 5.92 Å². The Morgan fingerprint density at radius 2 is 1.56 bits per heavy atom. The first-order valence-corrected chi connectivity index (χ1v) is 6.10. The summed E-state index contributed by atoms with van der Waals surface area (Å²) in [5, 5.41) is 22.1. The molecule has 0 radical (unpaired) electrons. The lowest BCUT2D eigenvalue weighted by atomic mass is 10.1. The first-order valence-electron chi connectivity index (χ1n) is 6.10. The van der Waals surface area contributed by atoms with Crippen LogP contribution in [0.4, 0.5) is 0 Å². The monoisotopic (exact) mass is 233 g/mol. The second-order valence-corrected chi connectivity index (χ2v) is 4.98. The summed E-state index contributed by atoms with van der Waals surface area (Å²) in [5.74, 6) is 0.492. The summed E-state index contributed by atoms with van der Waals surface area (Å²) in [4.78, 5) is 0. The zero-order valence-electron chi connectivity index (χ0n) is 10.9. The maximum absolute atomic E-state index is 9.58. The number of aliphatic hydroxyl groups is 2. The van der Waals surface area contributed by atoms with Gasteiger partial charge in [0, 0.05) is 13.1 Å². The molecule has 98 valence electrons. The Hall–Kier alpha value is -0.160. The smallest absolute Gasteiger partial charge is 0.0897 e. The summed E-state index contributed by atoms with van der Waals surface area (Å²) in [6.45, 7) is 9.35. The van der Waals surface area contributed by atoms with Crippen LogP contribution in [0.5, 0.6) is 0 Å². The minimum absolute atomic E-state index is 0.140. The Labute approximate surface area is 99.0 Å². The molecule has 0 aliphatic rings. The third kappa shape index (κ3) is 10.4. The number of ether oxygens (including phenoxy) is 1. The van der Waals surface area contributed by atoms with Crippen molar-refractivity contribution in [1.29, 1.82) is 0 Å². The fraction of sp³-hybridized carbons (Fsp3) is 1.00. The van der Waals surface area contributed by atoms with Gasteiger partial charge in [0.1, 0.15) is 0 Å². The van der Waals surface area contributed by atoms with Crippen molar-refractivity contribution in [3.05, 3.63) is 0 Å². The van der Waals surface area contributed by atoms with Gasteiger partial charge in [-0.15, -0.1) is 0 Å². The first-order chi connectivity index (χ1) is 7.41. The topological polar surface area (TPSA) is 61.7 Å². The molecule has 0 rings (SSSR count). The van der Waals surface area contributed by atoms with Crippen LogP contribution in [0.15, 0.2) is 0 Å². The molecular formula is C12H27NO3. The maximum atomic E-state index is 9.58. The van der Waals surface area contributed by atoms with Gasteiger partial charge in [-0.25, -0.2) is 0 Å². The molecule has 0 fully saturated rings. The third-order valence-corrected chi connectivity index (χ3v) is 2.13. The summed E-state index contributed by atoms with van der Waals surface area (Å²) in [7, 11) is 0. The second-order valence-electron chi connectivity index (χ2n) is 4.98. The van der Waals surface area contributed by atoms with E-state index < -0.39 is 6.10 Å². The van der Waals surface area contributed by atoms with Crippen molar-refractivity contribution >= 4 is 0 Å². The van der Waals surface area contributed by atoms with Crippen molar-refractivity contribution in [2.75, 3.05) is 19.7 Å². The van der Waals surface area contributed by atoms with Crippen LogP contribution in [-0.4, -0.2) is 48.2 Å². The Balaban J connectivity index is 3.42. The maximum Gasteiger partial charge on any atom is 0.0897 e. The average molecular weight is 233 g/mol. The highest BCUT2D eigenvalue weighted by atomic mass is 16.5. The highest BCUT2D eigenvalue weighted by Gasteiger charge is 2.09. The van der Waals surface area contributed by atoms with Crippen LogP contribution in [0.25, 0.3) is 0 Å². The summed E-state index contributed by atoms with van der Waals surface area (Å²) in [5.41, 5.74) is 0. The molecule has 4 heteroatoms. The fourth-order valence-electron chi connectivity index (χ4n) is 1.41. The van der Waals surface area contributed by atoms with Gasteiger partial charge >= 0.3 is 0 Å².